The predicted molar refractivity (Wildman–Crippen MR) is 316 cm³/mol. The highest BCUT2D eigenvalue weighted by Gasteiger charge is 2.64. The second kappa shape index (κ2) is 26.7. The van der Waals surface area contributed by atoms with Gasteiger partial charge in [-0.25, -0.2) is 69.4 Å². The molecule has 8 N–H and O–H groups in total. The molecular formula is C61H56Cl3F9N12O7. The molecule has 15 rings (SSSR count). The molecule has 8 heterocycles. The summed E-state index contributed by atoms with van der Waals surface area (Å²) < 4.78 is 133. The summed E-state index contributed by atoms with van der Waals surface area (Å²) in [5.41, 5.74) is 8.99. The summed E-state index contributed by atoms with van der Waals surface area (Å²) in [5, 5.41) is 18.1. The molecule has 0 bridgehead atoms. The van der Waals surface area contributed by atoms with Crippen molar-refractivity contribution >= 4 is 70.2 Å². The van der Waals surface area contributed by atoms with Crippen LogP contribution >= 0.6 is 34.8 Å². The van der Waals surface area contributed by atoms with Gasteiger partial charge in [-0.3, -0.25) is 25.1 Å². The van der Waals surface area contributed by atoms with E-state index >= 15 is 0 Å². The zero-order valence-corrected chi connectivity index (χ0v) is 50.2. The number of aromatic nitrogens is 4. The fourth-order valence-corrected chi connectivity index (χ4v) is 11.9. The van der Waals surface area contributed by atoms with Gasteiger partial charge in [0.1, 0.15) is 136 Å². The van der Waals surface area contributed by atoms with Crippen molar-refractivity contribution in [1.29, 1.82) is 0 Å². The van der Waals surface area contributed by atoms with Crippen molar-refractivity contribution in [3.05, 3.63) is 182 Å². The van der Waals surface area contributed by atoms with Gasteiger partial charge in [0.2, 0.25) is 0 Å². The molecule has 2 amide bonds. The molecule has 19 nitrogen and oxygen atoms in total. The number of fused-ring (bicyclic) bond motifs is 4. The number of ether oxygens (including phenoxy) is 2. The van der Waals surface area contributed by atoms with Gasteiger partial charge in [0.25, 0.3) is 23.9 Å². The minimum Gasteiger partial charge on any atom is -0.461 e. The van der Waals surface area contributed by atoms with E-state index in [9.17, 15) is 54.2 Å². The fourth-order valence-electron chi connectivity index (χ4n) is 11.4. The number of amidine groups is 2. The topological polar surface area (TPSA) is 268 Å². The van der Waals surface area contributed by atoms with E-state index in [0.717, 1.165) is 31.0 Å². The number of pyridine rings is 4. The van der Waals surface area contributed by atoms with Crippen LogP contribution in [0.25, 0.3) is 0 Å². The Morgan fingerprint density at radius 1 is 0.598 bits per heavy atom. The normalized spacial score (nSPS) is 29.5. The molecule has 6 fully saturated rings. The molecule has 14 atom stereocenters. The number of hydroxylamine groups is 1. The van der Waals surface area contributed by atoms with Crippen LogP contribution in [0.2, 0.25) is 15.5 Å². The Balaban J connectivity index is 0.000000123. The van der Waals surface area contributed by atoms with E-state index in [0.29, 0.717) is 42.0 Å². The molecule has 4 aromatic heterocycles. The van der Waals surface area contributed by atoms with Gasteiger partial charge in [0, 0.05) is 40.7 Å². The molecule has 2 aromatic carbocycles. The molecular weight excluding hydrogens is 1290 g/mol. The lowest BCUT2D eigenvalue weighted by Gasteiger charge is -2.31. The monoisotopic (exact) mass is 1340 g/mol. The van der Waals surface area contributed by atoms with Gasteiger partial charge < -0.3 is 30.9 Å². The Bertz CT molecular complexity index is 3700. The number of oxime groups is 1. The van der Waals surface area contributed by atoms with E-state index in [1.165, 1.54) is 30.3 Å². The van der Waals surface area contributed by atoms with Crippen LogP contribution in [0, 0.1) is 52.9 Å². The van der Waals surface area contributed by atoms with Crippen LogP contribution in [0.5, 0.6) is 0 Å². The summed E-state index contributed by atoms with van der Waals surface area (Å²) in [7, 11) is 0. The van der Waals surface area contributed by atoms with E-state index < -0.39 is 103 Å². The third kappa shape index (κ3) is 13.4. The number of carbonyl (C=O) groups is 2. The van der Waals surface area contributed by atoms with Crippen LogP contribution in [0.4, 0.5) is 45.3 Å². The number of hydrogen-bond donors (Lipinski definition) is 6. The van der Waals surface area contributed by atoms with Gasteiger partial charge in [-0.2, -0.15) is 5.48 Å². The first-order valence-corrected chi connectivity index (χ1v) is 29.9. The third-order valence-corrected chi connectivity index (χ3v) is 17.6. The minimum atomic E-state index is -1.59. The standard InChI is InChI=1S/C18H14ClF2N3O2.C18H16F2N4O2.C10H9ClF2N2O.C10H11ClF2N2O.C5H6FNO/c19-14-7-6-12(21)15(22-14)18(9-20)11-8-13(11)26-17(24-18)23-16(25)10-4-2-1-3-5-10;19-9-18(15-12(20)6-7-14(21)22-15)11-8-13(11)26-17(24-18)23-16(25)10-4-2-1-3-5-10;11-8-2-1-6(13)9(14-8)10(4-12)5-3-7(5)16-15-10;11-8-2-1-6(13)9(15-8)10(14,4-12)5-3-7(5)16;6-2-4-3-1-5(3)8-7-4/h1-7,11,13H,8-9H2,(H,23,24,25);1-7,11,13H,8-9H2,(H2,21,22)(H,23,24,25);1-2,5,7,15H,3-4H2;1-2,5,7,16H,3-4,14H2;3,5H,1-2H2/t2*11-,13?,18-;2*5-,7?,10-;/m0000./s1. The molecule has 486 valence electrons. The number of aliphatic hydroxyl groups excluding tert-OH is 1. The molecule has 6 aromatic rings. The summed E-state index contributed by atoms with van der Waals surface area (Å²) in [6.45, 7) is -4.14. The van der Waals surface area contributed by atoms with Crippen LogP contribution in [-0.2, 0) is 41.3 Å². The zero-order chi connectivity index (χ0) is 65.4. The van der Waals surface area contributed by atoms with Gasteiger partial charge in [-0.05, 0) is 105 Å². The summed E-state index contributed by atoms with van der Waals surface area (Å²) in [4.78, 5) is 58.5. The highest BCUT2D eigenvalue weighted by atomic mass is 35.5. The number of rotatable bonds is 12. The number of halogens is 12. The lowest BCUT2D eigenvalue weighted by Crippen LogP contribution is -2.44. The second-order valence-corrected chi connectivity index (χ2v) is 24.2. The fraction of sp³-hybridized carbons (Fsp3) is 0.393. The number of benzene rings is 2. The van der Waals surface area contributed by atoms with Crippen molar-refractivity contribution in [2.24, 2.45) is 50.5 Å². The maximum Gasteiger partial charge on any atom is 0.293 e. The highest BCUT2D eigenvalue weighted by Crippen LogP contribution is 2.56. The number of nitrogens with two attached hydrogens (primary N) is 2. The average Bonchev–Trinajstić information content (AvgIpc) is 1.58. The van der Waals surface area contributed by atoms with Crippen LogP contribution < -0.4 is 27.6 Å². The quantitative estimate of drug-likeness (QED) is 0.0492. The highest BCUT2D eigenvalue weighted by molar-refractivity contribution is 6.30. The maximum atomic E-state index is 14.4. The SMILES string of the molecule is FCC1=NOC2CC12.FC[C@]1(c2nc(Cl)ccc2F)NOC2C[C@@H]21.N[C@](CF)(c1nc(Cl)ccc1F)[C@H]1CC1O.Nc1ccc(F)c([C@@]2(CF)N=C(NC(=O)c3ccccc3)OC3C[C@@H]32)n1.O=C(NC1=N[C@](CF)(c2nc(Cl)ccc2F)[C@H]2CC2O1)c1ccccc1. The number of aliphatic imine (C=N–C) groups is 2. The molecule has 0 spiro atoms. The Labute approximate surface area is 533 Å². The van der Waals surface area contributed by atoms with Crippen molar-refractivity contribution < 1.29 is 73.4 Å². The first-order chi connectivity index (χ1) is 44.1. The smallest absolute Gasteiger partial charge is 0.293 e. The first-order valence-electron chi connectivity index (χ1n) is 28.7. The van der Waals surface area contributed by atoms with Gasteiger partial charge in [-0.1, -0.05) is 76.4 Å². The first kappa shape index (κ1) is 65.8. The number of nitrogen functional groups attached to an aromatic ring is 1. The molecule has 9 aliphatic rings. The lowest BCUT2D eigenvalue weighted by molar-refractivity contribution is 0.00569. The predicted octanol–water partition coefficient (Wildman–Crippen LogP) is 9.49. The van der Waals surface area contributed by atoms with Gasteiger partial charge in [0.05, 0.1) is 23.5 Å². The van der Waals surface area contributed by atoms with E-state index in [-0.39, 0.29) is 98.3 Å². The van der Waals surface area contributed by atoms with Crippen LogP contribution in [0.15, 0.2) is 124 Å². The number of aliphatic hydroxyl groups is 1. The van der Waals surface area contributed by atoms with Gasteiger partial charge in [0.15, 0.2) is 0 Å². The van der Waals surface area contributed by atoms with Crippen LogP contribution in [0.3, 0.4) is 0 Å². The molecule has 4 aliphatic heterocycles. The number of carbonyl (C=O) groups excluding carboxylic acids is 2. The van der Waals surface area contributed by atoms with Gasteiger partial charge in [-0.15, -0.1) is 0 Å². The summed E-state index contributed by atoms with van der Waals surface area (Å²) in [6.07, 6.45) is 1.88. The molecule has 5 saturated carbocycles. The summed E-state index contributed by atoms with van der Waals surface area (Å²) in [5.74, 6) is -4.40. The zero-order valence-electron chi connectivity index (χ0n) is 48.0. The van der Waals surface area contributed by atoms with Gasteiger partial charge >= 0.3 is 0 Å². The molecule has 6 unspecified atom stereocenters. The van der Waals surface area contributed by atoms with E-state index in [4.69, 9.17) is 65.4 Å². The minimum absolute atomic E-state index is 0.00694. The van der Waals surface area contributed by atoms with Crippen LogP contribution in [-0.4, -0.2) is 119 Å². The Morgan fingerprint density at radius 2 is 1.08 bits per heavy atom. The third-order valence-electron chi connectivity index (χ3n) is 16.9. The Morgan fingerprint density at radius 3 is 1.50 bits per heavy atom. The van der Waals surface area contributed by atoms with Crippen LogP contribution in [0.1, 0.15) is 75.6 Å². The Hall–Kier alpha value is -7.73. The number of hydrogen-bond acceptors (Lipinski definition) is 17. The van der Waals surface area contributed by atoms with Crippen molar-refractivity contribution in [2.75, 3.05) is 39.1 Å². The molecule has 0 radical (unpaired) electrons. The molecule has 92 heavy (non-hydrogen) atoms. The van der Waals surface area contributed by atoms with E-state index in [2.05, 4.69) is 51.2 Å². The van der Waals surface area contributed by atoms with Crippen molar-refractivity contribution in [3.63, 3.8) is 0 Å². The number of alkyl halides is 5. The molecule has 1 saturated heterocycles. The summed E-state index contributed by atoms with van der Waals surface area (Å²) in [6, 6.07) is 26.4. The maximum absolute atomic E-state index is 14.4. The van der Waals surface area contributed by atoms with E-state index in [1.807, 2.05) is 0 Å². The largest absolute Gasteiger partial charge is 0.461 e. The van der Waals surface area contributed by atoms with Crippen molar-refractivity contribution in [1.82, 2.24) is 36.0 Å². The number of anilines is 1. The molecule has 5 aliphatic carbocycles. The molecule has 31 heteroatoms. The van der Waals surface area contributed by atoms with Crippen molar-refractivity contribution in [3.8, 4) is 0 Å². The second-order valence-electron chi connectivity index (χ2n) is 23.0. The average molecular weight is 1350 g/mol. The van der Waals surface area contributed by atoms with E-state index in [1.54, 1.807) is 60.7 Å². The Kier molecular flexibility index (Phi) is 19.1. The summed E-state index contributed by atoms with van der Waals surface area (Å²) >= 11 is 17.2. The number of nitrogens with one attached hydrogen (secondary N) is 3. The number of nitrogens with zero attached hydrogens (tertiary/aromatic N) is 7. The van der Waals surface area contributed by atoms with Crippen molar-refractivity contribution in [2.45, 2.75) is 84.8 Å². The lowest BCUT2D eigenvalue weighted by atomic mass is 9.89. The number of amides is 2.